The van der Waals surface area contributed by atoms with Crippen molar-refractivity contribution in [1.29, 1.82) is 0 Å². The number of aromatic nitrogens is 4. The number of carbonyl (C=O) groups excluding carboxylic acids is 1. The van der Waals surface area contributed by atoms with Crippen LogP contribution in [0.5, 0.6) is 5.88 Å². The van der Waals surface area contributed by atoms with Crippen LogP contribution in [0.4, 0.5) is 22.1 Å². The minimum absolute atomic E-state index is 0.0656. The average Bonchev–Trinajstić information content (AvgIpc) is 2.89. The molecule has 0 bridgehead atoms. The molecular formula is C22H25N7O2. The highest BCUT2D eigenvalue weighted by molar-refractivity contribution is 6.03. The molecule has 0 unspecified atom stereocenters. The molecule has 2 amide bonds. The van der Waals surface area contributed by atoms with Crippen molar-refractivity contribution in [3.8, 4) is 17.1 Å². The Bertz CT molecular complexity index is 1100. The van der Waals surface area contributed by atoms with E-state index in [1.807, 2.05) is 45.2 Å². The molecule has 9 heteroatoms. The topological polar surface area (TPSA) is 96.4 Å². The van der Waals surface area contributed by atoms with E-state index in [1.54, 1.807) is 11.1 Å². The Labute approximate surface area is 181 Å². The predicted octanol–water partition coefficient (Wildman–Crippen LogP) is 3.52. The highest BCUT2D eigenvalue weighted by Gasteiger charge is 2.30. The summed E-state index contributed by atoms with van der Waals surface area (Å²) in [5.41, 5.74) is 3.54. The molecule has 0 radical (unpaired) electrons. The standard InChI is InChI=1S/C22H25N7O2/c1-14-11-16(7-9-24-14)17-5-6-18-21(25-17)29(15(2)8-10-28(18)3)22(30)27-19-12-23-13-20(26-19)31-4/h5-7,9,11-13,15H,8,10H2,1-4H3,(H,26,27,30)/t15-/m1/s1. The zero-order chi connectivity index (χ0) is 22.0. The average molecular weight is 419 g/mol. The molecule has 0 aromatic carbocycles. The molecule has 4 heterocycles. The van der Waals surface area contributed by atoms with Gasteiger partial charge in [0.2, 0.25) is 5.88 Å². The van der Waals surface area contributed by atoms with E-state index >= 15 is 0 Å². The van der Waals surface area contributed by atoms with Crippen LogP contribution in [-0.4, -0.2) is 52.7 Å². The van der Waals surface area contributed by atoms with E-state index < -0.39 is 0 Å². The van der Waals surface area contributed by atoms with Crippen LogP contribution in [0.1, 0.15) is 19.0 Å². The lowest BCUT2D eigenvalue weighted by Crippen LogP contribution is -2.42. The highest BCUT2D eigenvalue weighted by atomic mass is 16.5. The molecule has 1 aliphatic heterocycles. The number of nitrogens with zero attached hydrogens (tertiary/aromatic N) is 6. The fraction of sp³-hybridized carbons (Fsp3) is 0.318. The van der Waals surface area contributed by atoms with E-state index in [9.17, 15) is 4.79 Å². The fourth-order valence-corrected chi connectivity index (χ4v) is 3.59. The molecule has 3 aromatic rings. The second-order valence-corrected chi connectivity index (χ2v) is 7.53. The maximum Gasteiger partial charge on any atom is 0.329 e. The number of ether oxygens (including phenoxy) is 1. The first-order valence-electron chi connectivity index (χ1n) is 10.1. The maximum absolute atomic E-state index is 13.3. The van der Waals surface area contributed by atoms with Crippen molar-refractivity contribution in [2.24, 2.45) is 0 Å². The number of hydrogen-bond donors (Lipinski definition) is 1. The quantitative estimate of drug-likeness (QED) is 0.694. The van der Waals surface area contributed by atoms with Crippen LogP contribution < -0.4 is 19.9 Å². The summed E-state index contributed by atoms with van der Waals surface area (Å²) in [4.78, 5) is 34.6. The number of hydrogen-bond acceptors (Lipinski definition) is 7. The number of carbonyl (C=O) groups is 1. The first-order valence-corrected chi connectivity index (χ1v) is 10.1. The van der Waals surface area contributed by atoms with Gasteiger partial charge in [0.1, 0.15) is 0 Å². The minimum atomic E-state index is -0.317. The van der Waals surface area contributed by atoms with E-state index in [1.165, 1.54) is 19.5 Å². The van der Waals surface area contributed by atoms with Crippen molar-refractivity contribution in [2.45, 2.75) is 26.3 Å². The van der Waals surface area contributed by atoms with Crippen LogP contribution in [0.25, 0.3) is 11.3 Å². The molecule has 1 aliphatic rings. The van der Waals surface area contributed by atoms with Gasteiger partial charge in [0.05, 0.1) is 30.9 Å². The second kappa shape index (κ2) is 8.55. The van der Waals surface area contributed by atoms with Gasteiger partial charge in [0, 0.05) is 37.1 Å². The van der Waals surface area contributed by atoms with Crippen LogP contribution in [-0.2, 0) is 0 Å². The van der Waals surface area contributed by atoms with Crippen LogP contribution in [0.15, 0.2) is 42.9 Å². The number of methoxy groups -OCH3 is 1. The normalized spacial score (nSPS) is 15.8. The minimum Gasteiger partial charge on any atom is -0.480 e. The van der Waals surface area contributed by atoms with Crippen molar-refractivity contribution < 1.29 is 9.53 Å². The molecule has 1 atom stereocenters. The number of anilines is 3. The summed E-state index contributed by atoms with van der Waals surface area (Å²) < 4.78 is 5.11. The van der Waals surface area contributed by atoms with Crippen molar-refractivity contribution >= 4 is 23.4 Å². The molecule has 0 spiro atoms. The first-order chi connectivity index (χ1) is 15.0. The van der Waals surface area contributed by atoms with Crippen LogP contribution >= 0.6 is 0 Å². The van der Waals surface area contributed by atoms with Crippen molar-refractivity contribution in [1.82, 2.24) is 19.9 Å². The Morgan fingerprint density at radius 2 is 2.06 bits per heavy atom. The van der Waals surface area contributed by atoms with Gasteiger partial charge in [-0.1, -0.05) is 0 Å². The second-order valence-electron chi connectivity index (χ2n) is 7.53. The van der Waals surface area contributed by atoms with Crippen molar-refractivity contribution in [3.05, 3.63) is 48.5 Å². The van der Waals surface area contributed by atoms with E-state index in [0.717, 1.165) is 35.6 Å². The Morgan fingerprint density at radius 1 is 1.23 bits per heavy atom. The van der Waals surface area contributed by atoms with Gasteiger partial charge in [-0.25, -0.2) is 9.78 Å². The van der Waals surface area contributed by atoms with Crippen molar-refractivity contribution in [2.75, 3.05) is 35.8 Å². The number of amides is 2. The molecule has 3 aromatic heterocycles. The summed E-state index contributed by atoms with van der Waals surface area (Å²) in [6.07, 6.45) is 5.53. The zero-order valence-corrected chi connectivity index (χ0v) is 18.0. The zero-order valence-electron chi connectivity index (χ0n) is 18.0. The van der Waals surface area contributed by atoms with Gasteiger partial charge in [-0.3, -0.25) is 20.2 Å². The maximum atomic E-state index is 13.3. The number of pyridine rings is 2. The van der Waals surface area contributed by atoms with Gasteiger partial charge in [-0.05, 0) is 44.5 Å². The summed E-state index contributed by atoms with van der Waals surface area (Å²) in [7, 11) is 3.52. The molecule has 1 N–H and O–H groups in total. The van der Waals surface area contributed by atoms with Crippen LogP contribution in [0, 0.1) is 6.92 Å². The molecule has 160 valence electrons. The largest absolute Gasteiger partial charge is 0.480 e. The van der Waals surface area contributed by atoms with E-state index in [0.29, 0.717) is 17.5 Å². The summed E-state index contributed by atoms with van der Waals surface area (Å²) in [6, 6.07) is 7.50. The summed E-state index contributed by atoms with van der Waals surface area (Å²) in [5.74, 6) is 1.25. The third kappa shape index (κ3) is 4.25. The first kappa shape index (κ1) is 20.5. The SMILES string of the molecule is COc1cncc(NC(=O)N2c3nc(-c4ccnc(C)c4)ccc3N(C)CC[C@H]2C)n1. The molecule has 4 rings (SSSR count). The number of aryl methyl sites for hydroxylation is 1. The number of fused-ring (bicyclic) bond motifs is 1. The lowest BCUT2D eigenvalue weighted by Gasteiger charge is -2.27. The molecule has 0 saturated carbocycles. The molecule has 9 nitrogen and oxygen atoms in total. The third-order valence-electron chi connectivity index (χ3n) is 5.28. The third-order valence-corrected chi connectivity index (χ3v) is 5.28. The van der Waals surface area contributed by atoms with E-state index in [-0.39, 0.29) is 12.1 Å². The smallest absolute Gasteiger partial charge is 0.329 e. The molecule has 0 aliphatic carbocycles. The molecular weight excluding hydrogens is 394 g/mol. The van der Waals surface area contributed by atoms with Gasteiger partial charge >= 0.3 is 6.03 Å². The van der Waals surface area contributed by atoms with Gasteiger partial charge in [-0.2, -0.15) is 4.98 Å². The fourth-order valence-electron chi connectivity index (χ4n) is 3.59. The number of urea groups is 1. The Kier molecular flexibility index (Phi) is 5.66. The van der Waals surface area contributed by atoms with Crippen LogP contribution in [0.2, 0.25) is 0 Å². The molecule has 0 fully saturated rings. The predicted molar refractivity (Wildman–Crippen MR) is 120 cm³/mol. The lowest BCUT2D eigenvalue weighted by molar-refractivity contribution is 0.255. The number of nitrogens with one attached hydrogen (secondary N) is 1. The lowest BCUT2D eigenvalue weighted by atomic mass is 10.1. The van der Waals surface area contributed by atoms with Gasteiger partial charge in [-0.15, -0.1) is 0 Å². The van der Waals surface area contributed by atoms with E-state index in [4.69, 9.17) is 9.72 Å². The summed E-state index contributed by atoms with van der Waals surface area (Å²) in [6.45, 7) is 4.77. The monoisotopic (exact) mass is 419 g/mol. The molecule has 31 heavy (non-hydrogen) atoms. The molecule has 0 saturated heterocycles. The van der Waals surface area contributed by atoms with Gasteiger partial charge in [0.25, 0.3) is 0 Å². The summed E-state index contributed by atoms with van der Waals surface area (Å²) >= 11 is 0. The van der Waals surface area contributed by atoms with Gasteiger partial charge < -0.3 is 9.64 Å². The van der Waals surface area contributed by atoms with Gasteiger partial charge in [0.15, 0.2) is 11.6 Å². The Hall–Kier alpha value is -3.75. The van der Waals surface area contributed by atoms with Crippen molar-refractivity contribution in [3.63, 3.8) is 0 Å². The Balaban J connectivity index is 1.74. The van der Waals surface area contributed by atoms with E-state index in [2.05, 4.69) is 25.2 Å². The van der Waals surface area contributed by atoms with Crippen LogP contribution in [0.3, 0.4) is 0 Å². The highest BCUT2D eigenvalue weighted by Crippen LogP contribution is 2.35. The Morgan fingerprint density at radius 3 is 2.84 bits per heavy atom. The summed E-state index contributed by atoms with van der Waals surface area (Å²) in [5, 5.41) is 2.83. The number of rotatable bonds is 3.